The maximum absolute atomic E-state index is 14.4. The van der Waals surface area contributed by atoms with E-state index in [-0.39, 0.29) is 23.5 Å². The van der Waals surface area contributed by atoms with Crippen molar-refractivity contribution in [2.75, 3.05) is 10.8 Å². The van der Waals surface area contributed by atoms with Crippen molar-refractivity contribution in [3.05, 3.63) is 131 Å². The number of hydrogen-bond donors (Lipinski definition) is 1. The third-order valence-electron chi connectivity index (χ3n) is 6.74. The van der Waals surface area contributed by atoms with Crippen molar-refractivity contribution in [1.82, 2.24) is 10.2 Å². The van der Waals surface area contributed by atoms with E-state index in [4.69, 9.17) is 0 Å². The first kappa shape index (κ1) is 32.9. The van der Waals surface area contributed by atoms with Gasteiger partial charge in [-0.15, -0.1) is 0 Å². The van der Waals surface area contributed by atoms with Crippen molar-refractivity contribution in [3.8, 4) is 0 Å². The molecule has 0 radical (unpaired) electrons. The van der Waals surface area contributed by atoms with Gasteiger partial charge in [0.2, 0.25) is 11.8 Å². The molecule has 2 amide bonds. The van der Waals surface area contributed by atoms with Gasteiger partial charge in [-0.1, -0.05) is 82.7 Å². The van der Waals surface area contributed by atoms with E-state index in [1.807, 2.05) is 51.1 Å². The Hall–Kier alpha value is -4.02. The number of amides is 2. The fourth-order valence-electron chi connectivity index (χ4n) is 4.67. The lowest BCUT2D eigenvalue weighted by atomic mass is 10.0. The lowest BCUT2D eigenvalue weighted by Crippen LogP contribution is -2.56. The van der Waals surface area contributed by atoms with Crippen LogP contribution in [0.5, 0.6) is 0 Å². The van der Waals surface area contributed by atoms with Gasteiger partial charge >= 0.3 is 0 Å². The molecule has 4 aromatic rings. The number of carbonyl (C=O) groups is 2. The summed E-state index contributed by atoms with van der Waals surface area (Å²) in [5.41, 5.74) is 1.08. The van der Waals surface area contributed by atoms with Gasteiger partial charge in [0, 0.05) is 23.0 Å². The fraction of sp³-hybridized carbons (Fsp3) is 0.235. The lowest BCUT2D eigenvalue weighted by molar-refractivity contribution is -0.140. The molecule has 0 aromatic heterocycles. The maximum atomic E-state index is 14.4. The van der Waals surface area contributed by atoms with Gasteiger partial charge in [-0.2, -0.15) is 0 Å². The molecular formula is C34H35BrFN3O4S. The number of sulfonamides is 1. The van der Waals surface area contributed by atoms with Gasteiger partial charge in [0.1, 0.15) is 18.4 Å². The van der Waals surface area contributed by atoms with Gasteiger partial charge in [0.15, 0.2) is 0 Å². The molecule has 7 nitrogen and oxygen atoms in total. The Balaban J connectivity index is 1.81. The summed E-state index contributed by atoms with van der Waals surface area (Å²) in [4.78, 5) is 29.7. The molecule has 0 aliphatic rings. The van der Waals surface area contributed by atoms with E-state index >= 15 is 0 Å². The van der Waals surface area contributed by atoms with Crippen LogP contribution in [-0.2, 0) is 32.6 Å². The van der Waals surface area contributed by atoms with Crippen LogP contribution in [0.1, 0.15) is 31.9 Å². The summed E-state index contributed by atoms with van der Waals surface area (Å²) in [5, 5.41) is 2.99. The van der Waals surface area contributed by atoms with Gasteiger partial charge in [0.25, 0.3) is 10.0 Å². The second kappa shape index (κ2) is 14.2. The van der Waals surface area contributed by atoms with Crippen LogP contribution in [0.25, 0.3) is 0 Å². The second-order valence-electron chi connectivity index (χ2n) is 11.4. The summed E-state index contributed by atoms with van der Waals surface area (Å²) >= 11 is 3.41. The number of benzene rings is 4. The molecule has 0 aliphatic heterocycles. The summed E-state index contributed by atoms with van der Waals surface area (Å²) in [6, 6.07) is 28.5. The highest BCUT2D eigenvalue weighted by molar-refractivity contribution is 9.10. The highest BCUT2D eigenvalue weighted by Crippen LogP contribution is 2.27. The molecule has 0 unspecified atom stereocenters. The smallest absolute Gasteiger partial charge is 0.264 e. The molecule has 4 aromatic carbocycles. The predicted molar refractivity (Wildman–Crippen MR) is 174 cm³/mol. The van der Waals surface area contributed by atoms with Crippen LogP contribution in [-0.4, -0.2) is 43.3 Å². The summed E-state index contributed by atoms with van der Waals surface area (Å²) in [6.45, 7) is 4.91. The Labute approximate surface area is 266 Å². The first-order valence-electron chi connectivity index (χ1n) is 14.1. The Bertz CT molecular complexity index is 1680. The normalized spacial score (nSPS) is 12.3. The Morgan fingerprint density at radius 1 is 0.841 bits per heavy atom. The molecule has 0 fully saturated rings. The number of carbonyl (C=O) groups excluding carboxylic acids is 2. The molecule has 0 saturated heterocycles. The summed E-state index contributed by atoms with van der Waals surface area (Å²) in [5.74, 6) is -1.43. The molecule has 0 saturated carbocycles. The van der Waals surface area contributed by atoms with Gasteiger partial charge in [-0.3, -0.25) is 13.9 Å². The zero-order chi connectivity index (χ0) is 31.9. The molecule has 230 valence electrons. The average molecular weight is 681 g/mol. The number of halogens is 2. The van der Waals surface area contributed by atoms with Gasteiger partial charge in [-0.05, 0) is 74.4 Å². The minimum absolute atomic E-state index is 0.0178. The zero-order valence-electron chi connectivity index (χ0n) is 24.8. The molecule has 10 heteroatoms. The van der Waals surface area contributed by atoms with Crippen LogP contribution < -0.4 is 9.62 Å². The molecule has 1 atom stereocenters. The monoisotopic (exact) mass is 679 g/mol. The lowest BCUT2D eigenvalue weighted by Gasteiger charge is -2.35. The number of nitrogens with one attached hydrogen (secondary N) is 1. The van der Waals surface area contributed by atoms with Crippen molar-refractivity contribution in [3.63, 3.8) is 0 Å². The average Bonchev–Trinajstić information content (AvgIpc) is 2.98. The molecule has 0 spiro atoms. The van der Waals surface area contributed by atoms with Crippen molar-refractivity contribution >= 4 is 43.5 Å². The Morgan fingerprint density at radius 3 is 2.05 bits per heavy atom. The van der Waals surface area contributed by atoms with Crippen LogP contribution in [0.15, 0.2) is 119 Å². The first-order chi connectivity index (χ1) is 20.8. The number of anilines is 1. The van der Waals surface area contributed by atoms with Gasteiger partial charge in [-0.25, -0.2) is 12.8 Å². The SMILES string of the molecule is CC(C)(C)NC(=O)[C@H](Cc1ccccc1)N(Cc1ccc(F)cc1)C(=O)CN(c1cccc(Br)c1)S(=O)(=O)c1ccccc1. The molecule has 0 bridgehead atoms. The Morgan fingerprint density at radius 2 is 1.45 bits per heavy atom. The van der Waals surface area contributed by atoms with Crippen LogP contribution in [0, 0.1) is 5.82 Å². The van der Waals surface area contributed by atoms with E-state index in [2.05, 4.69) is 21.2 Å². The van der Waals surface area contributed by atoms with Gasteiger partial charge in [0.05, 0.1) is 10.6 Å². The fourth-order valence-corrected chi connectivity index (χ4v) is 6.49. The summed E-state index contributed by atoms with van der Waals surface area (Å²) < 4.78 is 43.5. The largest absolute Gasteiger partial charge is 0.350 e. The van der Waals surface area contributed by atoms with Gasteiger partial charge < -0.3 is 10.2 Å². The summed E-state index contributed by atoms with van der Waals surface area (Å²) in [7, 11) is -4.20. The van der Waals surface area contributed by atoms with E-state index in [1.54, 1.807) is 54.6 Å². The second-order valence-corrected chi connectivity index (χ2v) is 14.2. The van der Waals surface area contributed by atoms with Crippen LogP contribution in [0.2, 0.25) is 0 Å². The quantitative estimate of drug-likeness (QED) is 0.201. The molecule has 0 heterocycles. The van der Waals surface area contributed by atoms with Crippen molar-refractivity contribution in [1.29, 1.82) is 0 Å². The van der Waals surface area contributed by atoms with Crippen molar-refractivity contribution in [2.24, 2.45) is 0 Å². The Kier molecular flexibility index (Phi) is 10.6. The van der Waals surface area contributed by atoms with Crippen LogP contribution in [0.4, 0.5) is 10.1 Å². The van der Waals surface area contributed by atoms with Crippen LogP contribution in [0.3, 0.4) is 0 Å². The standard InChI is InChI=1S/C34H35BrFN3O4S/c1-34(2,3)37-33(41)31(21-25-11-6-4-7-12-25)38(23-26-17-19-28(36)20-18-26)32(40)24-39(29-14-10-13-27(35)22-29)44(42,43)30-15-8-5-9-16-30/h4-20,22,31H,21,23-24H2,1-3H3,(H,37,41)/t31-/m0/s1. The number of hydrogen-bond acceptors (Lipinski definition) is 4. The molecule has 1 N–H and O–H groups in total. The van der Waals surface area contributed by atoms with Crippen molar-refractivity contribution in [2.45, 2.75) is 50.2 Å². The molecule has 44 heavy (non-hydrogen) atoms. The highest BCUT2D eigenvalue weighted by Gasteiger charge is 2.35. The molecule has 0 aliphatic carbocycles. The minimum atomic E-state index is -4.20. The van der Waals surface area contributed by atoms with Crippen LogP contribution >= 0.6 is 15.9 Å². The van der Waals surface area contributed by atoms with Crippen molar-refractivity contribution < 1.29 is 22.4 Å². The number of rotatable bonds is 11. The van der Waals surface area contributed by atoms with E-state index in [0.29, 0.717) is 10.0 Å². The molecular weight excluding hydrogens is 645 g/mol. The maximum Gasteiger partial charge on any atom is 0.264 e. The van der Waals surface area contributed by atoms with E-state index < -0.39 is 45.8 Å². The minimum Gasteiger partial charge on any atom is -0.350 e. The highest BCUT2D eigenvalue weighted by atomic mass is 79.9. The third kappa shape index (κ3) is 8.76. The molecule has 4 rings (SSSR count). The van der Waals surface area contributed by atoms with E-state index in [9.17, 15) is 22.4 Å². The number of nitrogens with zero attached hydrogens (tertiary/aromatic N) is 2. The predicted octanol–water partition coefficient (Wildman–Crippen LogP) is 6.34. The zero-order valence-corrected chi connectivity index (χ0v) is 27.2. The topological polar surface area (TPSA) is 86.8 Å². The van der Waals surface area contributed by atoms with E-state index in [0.717, 1.165) is 9.87 Å². The first-order valence-corrected chi connectivity index (χ1v) is 16.3. The summed E-state index contributed by atoms with van der Waals surface area (Å²) in [6.07, 6.45) is 0.179. The third-order valence-corrected chi connectivity index (χ3v) is 9.02. The van der Waals surface area contributed by atoms with E-state index in [1.165, 1.54) is 29.2 Å².